The van der Waals surface area contributed by atoms with Gasteiger partial charge in [-0.2, -0.15) is 0 Å². The van der Waals surface area contributed by atoms with Crippen LogP contribution in [0.3, 0.4) is 0 Å². The molecule has 0 unspecified atom stereocenters. The molecule has 84 valence electrons. The quantitative estimate of drug-likeness (QED) is 0.634. The highest BCUT2D eigenvalue weighted by Gasteiger charge is 2.33. The summed E-state index contributed by atoms with van der Waals surface area (Å²) < 4.78 is 5.55. The molecular formula is C12H24O2. The second kappa shape index (κ2) is 4.81. The number of ether oxygens (including phenoxy) is 1. The van der Waals surface area contributed by atoms with Gasteiger partial charge in [0, 0.05) is 0 Å². The lowest BCUT2D eigenvalue weighted by Gasteiger charge is -2.31. The number of carbonyl (C=O) groups is 1. The molecule has 0 atom stereocenters. The minimum atomic E-state index is -0.356. The van der Waals surface area contributed by atoms with Crippen molar-refractivity contribution in [3.8, 4) is 0 Å². The summed E-state index contributed by atoms with van der Waals surface area (Å²) in [5.74, 6) is -0.0776. The van der Waals surface area contributed by atoms with E-state index in [1.54, 1.807) is 0 Å². The third-order valence-electron chi connectivity index (χ3n) is 3.27. The molecule has 0 heterocycles. The molecular weight excluding hydrogens is 176 g/mol. The van der Waals surface area contributed by atoms with Crippen molar-refractivity contribution in [2.75, 3.05) is 0 Å². The van der Waals surface area contributed by atoms with Crippen molar-refractivity contribution in [3.05, 3.63) is 0 Å². The van der Waals surface area contributed by atoms with Gasteiger partial charge < -0.3 is 4.74 Å². The fourth-order valence-corrected chi connectivity index (χ4v) is 0.901. The summed E-state index contributed by atoms with van der Waals surface area (Å²) in [6.07, 6.45) is 2.55. The van der Waals surface area contributed by atoms with Crippen molar-refractivity contribution in [1.29, 1.82) is 0 Å². The zero-order chi connectivity index (χ0) is 11.4. The maximum atomic E-state index is 11.8. The second-order valence-electron chi connectivity index (χ2n) is 4.78. The minimum absolute atomic E-state index is 0.0776. The topological polar surface area (TPSA) is 26.3 Å². The molecule has 0 aliphatic rings. The third kappa shape index (κ3) is 3.32. The van der Waals surface area contributed by atoms with Crippen LogP contribution in [0.1, 0.15) is 60.8 Å². The van der Waals surface area contributed by atoms with Crippen LogP contribution in [0.4, 0.5) is 0 Å². The third-order valence-corrected chi connectivity index (χ3v) is 3.27. The molecule has 0 aromatic rings. The summed E-state index contributed by atoms with van der Waals surface area (Å²) in [5, 5.41) is 0. The Labute approximate surface area is 88.0 Å². The van der Waals surface area contributed by atoms with E-state index < -0.39 is 0 Å². The van der Waals surface area contributed by atoms with E-state index in [9.17, 15) is 4.79 Å². The predicted octanol–water partition coefficient (Wildman–Crippen LogP) is 3.54. The van der Waals surface area contributed by atoms with Gasteiger partial charge in [-0.05, 0) is 40.0 Å². The van der Waals surface area contributed by atoms with Gasteiger partial charge in [0.1, 0.15) is 5.60 Å². The first kappa shape index (κ1) is 13.5. The molecule has 0 rings (SSSR count). The van der Waals surface area contributed by atoms with Crippen molar-refractivity contribution in [1.82, 2.24) is 0 Å². The highest BCUT2D eigenvalue weighted by atomic mass is 16.6. The van der Waals surface area contributed by atoms with Gasteiger partial charge >= 0.3 is 5.97 Å². The van der Waals surface area contributed by atoms with Gasteiger partial charge in [-0.1, -0.05) is 20.8 Å². The zero-order valence-electron chi connectivity index (χ0n) is 10.4. The van der Waals surface area contributed by atoms with Crippen LogP contribution in [-0.4, -0.2) is 11.6 Å². The largest absolute Gasteiger partial charge is 0.459 e. The second-order valence-corrected chi connectivity index (χ2v) is 4.78. The first-order chi connectivity index (χ1) is 6.31. The molecule has 14 heavy (non-hydrogen) atoms. The van der Waals surface area contributed by atoms with E-state index in [1.807, 2.05) is 27.7 Å². The molecule has 2 nitrogen and oxygen atoms in total. The lowest BCUT2D eigenvalue weighted by Crippen LogP contribution is -2.36. The molecule has 0 radical (unpaired) electrons. The Morgan fingerprint density at radius 1 is 1.00 bits per heavy atom. The average molecular weight is 200 g/mol. The van der Waals surface area contributed by atoms with Crippen molar-refractivity contribution in [2.24, 2.45) is 5.41 Å². The molecule has 0 aromatic heterocycles. The minimum Gasteiger partial charge on any atom is -0.459 e. The van der Waals surface area contributed by atoms with E-state index in [-0.39, 0.29) is 17.0 Å². The maximum Gasteiger partial charge on any atom is 0.312 e. The molecule has 0 aliphatic heterocycles. The van der Waals surface area contributed by atoms with Gasteiger partial charge in [0.15, 0.2) is 0 Å². The normalized spacial score (nSPS) is 12.7. The van der Waals surface area contributed by atoms with E-state index >= 15 is 0 Å². The lowest BCUT2D eigenvalue weighted by molar-refractivity contribution is -0.169. The van der Waals surface area contributed by atoms with Crippen molar-refractivity contribution < 1.29 is 9.53 Å². The molecule has 2 heteroatoms. The highest BCUT2D eigenvalue weighted by Crippen LogP contribution is 2.27. The standard InChI is InChI=1S/C12H24O2/c1-7-11(4,5)10(13)14-12(6,8-2)9-3/h7-9H2,1-6H3. The molecule has 0 aliphatic carbocycles. The SMILES string of the molecule is CCC(C)(CC)OC(=O)C(C)(C)CC. The monoisotopic (exact) mass is 200 g/mol. The summed E-state index contributed by atoms with van der Waals surface area (Å²) >= 11 is 0. The number of carbonyl (C=O) groups excluding carboxylic acids is 1. The van der Waals surface area contributed by atoms with E-state index in [0.717, 1.165) is 19.3 Å². The Morgan fingerprint density at radius 3 is 1.71 bits per heavy atom. The van der Waals surface area contributed by atoms with E-state index in [1.165, 1.54) is 0 Å². The van der Waals surface area contributed by atoms with Crippen LogP contribution in [0.25, 0.3) is 0 Å². The molecule has 0 fully saturated rings. The van der Waals surface area contributed by atoms with Gasteiger partial charge in [-0.15, -0.1) is 0 Å². The molecule has 0 saturated carbocycles. The lowest BCUT2D eigenvalue weighted by atomic mass is 9.89. The first-order valence-electron chi connectivity index (χ1n) is 5.54. The first-order valence-corrected chi connectivity index (χ1v) is 5.54. The fraction of sp³-hybridized carbons (Fsp3) is 0.917. The molecule has 0 amide bonds. The summed E-state index contributed by atoms with van der Waals surface area (Å²) in [7, 11) is 0. The molecule has 0 spiro atoms. The molecule has 0 N–H and O–H groups in total. The van der Waals surface area contributed by atoms with Crippen LogP contribution in [0.5, 0.6) is 0 Å². The van der Waals surface area contributed by atoms with Crippen LogP contribution in [-0.2, 0) is 9.53 Å². The summed E-state index contributed by atoms with van der Waals surface area (Å²) in [6, 6.07) is 0. The number of rotatable bonds is 5. The van der Waals surface area contributed by atoms with E-state index in [2.05, 4.69) is 13.8 Å². The number of hydrogen-bond donors (Lipinski definition) is 0. The van der Waals surface area contributed by atoms with Crippen molar-refractivity contribution >= 4 is 5.97 Å². The molecule has 0 bridgehead atoms. The number of esters is 1. The Balaban J connectivity index is 4.45. The summed E-state index contributed by atoms with van der Waals surface area (Å²) in [4.78, 5) is 11.8. The zero-order valence-corrected chi connectivity index (χ0v) is 10.4. The Hall–Kier alpha value is -0.530. The average Bonchev–Trinajstić information content (AvgIpc) is 2.17. The van der Waals surface area contributed by atoms with Crippen LogP contribution in [0.2, 0.25) is 0 Å². The van der Waals surface area contributed by atoms with Crippen LogP contribution < -0.4 is 0 Å². The smallest absolute Gasteiger partial charge is 0.312 e. The molecule has 0 aromatic carbocycles. The van der Waals surface area contributed by atoms with Gasteiger partial charge in [0.2, 0.25) is 0 Å². The van der Waals surface area contributed by atoms with Crippen LogP contribution in [0, 0.1) is 5.41 Å². The highest BCUT2D eigenvalue weighted by molar-refractivity contribution is 5.76. The van der Waals surface area contributed by atoms with Crippen LogP contribution >= 0.6 is 0 Å². The summed E-state index contributed by atoms with van der Waals surface area (Å²) in [5.41, 5.74) is -0.644. The van der Waals surface area contributed by atoms with Crippen molar-refractivity contribution in [3.63, 3.8) is 0 Å². The van der Waals surface area contributed by atoms with Gasteiger partial charge in [0.05, 0.1) is 5.41 Å². The van der Waals surface area contributed by atoms with Gasteiger partial charge in [0.25, 0.3) is 0 Å². The van der Waals surface area contributed by atoms with Gasteiger partial charge in [-0.25, -0.2) is 0 Å². The van der Waals surface area contributed by atoms with Crippen LogP contribution in [0.15, 0.2) is 0 Å². The van der Waals surface area contributed by atoms with E-state index in [0.29, 0.717) is 0 Å². The Kier molecular flexibility index (Phi) is 4.63. The number of hydrogen-bond acceptors (Lipinski definition) is 2. The van der Waals surface area contributed by atoms with Crippen molar-refractivity contribution in [2.45, 2.75) is 66.4 Å². The molecule has 0 saturated heterocycles. The predicted molar refractivity (Wildman–Crippen MR) is 59.2 cm³/mol. The maximum absolute atomic E-state index is 11.8. The Morgan fingerprint density at radius 2 is 1.43 bits per heavy atom. The Bertz CT molecular complexity index is 190. The fourth-order valence-electron chi connectivity index (χ4n) is 0.901. The van der Waals surface area contributed by atoms with E-state index in [4.69, 9.17) is 4.74 Å². The summed E-state index contributed by atoms with van der Waals surface area (Å²) in [6.45, 7) is 12.0. The van der Waals surface area contributed by atoms with Gasteiger partial charge in [-0.3, -0.25) is 4.79 Å².